The number of hydrogen-bond donors (Lipinski definition) is 0. The van der Waals surface area contributed by atoms with E-state index in [2.05, 4.69) is 13.8 Å². The van der Waals surface area contributed by atoms with Gasteiger partial charge in [0, 0.05) is 13.0 Å². The van der Waals surface area contributed by atoms with E-state index in [1.807, 2.05) is 6.92 Å². The van der Waals surface area contributed by atoms with Crippen LogP contribution in [0.4, 0.5) is 0 Å². The molecule has 3 heteroatoms. The van der Waals surface area contributed by atoms with Crippen LogP contribution in [0.15, 0.2) is 0 Å². The van der Waals surface area contributed by atoms with Crippen LogP contribution in [0.25, 0.3) is 0 Å². The highest BCUT2D eigenvalue weighted by molar-refractivity contribution is 5.56. The molecular formula is C10H18O3. The van der Waals surface area contributed by atoms with Crippen LogP contribution in [0.3, 0.4) is 0 Å². The lowest BCUT2D eigenvalue weighted by atomic mass is 9.79. The predicted molar refractivity (Wildman–Crippen MR) is 49.2 cm³/mol. The third-order valence-corrected chi connectivity index (χ3v) is 3.26. The van der Waals surface area contributed by atoms with Crippen LogP contribution in [-0.4, -0.2) is 25.8 Å². The van der Waals surface area contributed by atoms with Crippen molar-refractivity contribution in [2.75, 3.05) is 7.11 Å². The summed E-state index contributed by atoms with van der Waals surface area (Å²) < 4.78 is 10.7. The molecule has 1 saturated heterocycles. The summed E-state index contributed by atoms with van der Waals surface area (Å²) in [7, 11) is 1.62. The van der Waals surface area contributed by atoms with Gasteiger partial charge in [0.2, 0.25) is 0 Å². The SMILES string of the molecule is COC1OC(C=O)C(C)C(C)C1C. The summed E-state index contributed by atoms with van der Waals surface area (Å²) in [6.07, 6.45) is 0.330. The number of carbonyl (C=O) groups is 1. The lowest BCUT2D eigenvalue weighted by Gasteiger charge is -2.40. The molecule has 1 heterocycles. The number of methoxy groups -OCH3 is 1. The largest absolute Gasteiger partial charge is 0.356 e. The zero-order valence-corrected chi connectivity index (χ0v) is 8.69. The molecule has 13 heavy (non-hydrogen) atoms. The Bertz CT molecular complexity index is 179. The van der Waals surface area contributed by atoms with Gasteiger partial charge in [0.05, 0.1) is 0 Å². The van der Waals surface area contributed by atoms with Gasteiger partial charge in [-0.2, -0.15) is 0 Å². The fraction of sp³-hybridized carbons (Fsp3) is 0.900. The average Bonchev–Trinajstić information content (AvgIpc) is 2.15. The highest BCUT2D eigenvalue weighted by Crippen LogP contribution is 2.34. The van der Waals surface area contributed by atoms with E-state index >= 15 is 0 Å². The highest BCUT2D eigenvalue weighted by atomic mass is 16.7. The van der Waals surface area contributed by atoms with E-state index < -0.39 is 0 Å². The standard InChI is InChI=1S/C10H18O3/c1-6-7(2)9(5-11)13-10(12-4)8(6)3/h5-10H,1-4H3. The van der Waals surface area contributed by atoms with Gasteiger partial charge < -0.3 is 14.3 Å². The molecule has 76 valence electrons. The van der Waals surface area contributed by atoms with E-state index in [4.69, 9.17) is 9.47 Å². The third kappa shape index (κ3) is 1.92. The minimum Gasteiger partial charge on any atom is -0.356 e. The molecule has 5 unspecified atom stereocenters. The smallest absolute Gasteiger partial charge is 0.160 e. The van der Waals surface area contributed by atoms with Crippen molar-refractivity contribution < 1.29 is 14.3 Å². The molecule has 0 aromatic carbocycles. The Hall–Kier alpha value is -0.410. The molecule has 0 saturated carbocycles. The fourth-order valence-electron chi connectivity index (χ4n) is 1.85. The minimum atomic E-state index is -0.309. The molecule has 0 N–H and O–H groups in total. The van der Waals surface area contributed by atoms with Gasteiger partial charge in [-0.05, 0) is 11.8 Å². The molecule has 0 aliphatic carbocycles. The topological polar surface area (TPSA) is 35.5 Å². The molecule has 1 rings (SSSR count). The first kappa shape index (κ1) is 10.7. The molecule has 5 atom stereocenters. The van der Waals surface area contributed by atoms with E-state index in [0.29, 0.717) is 11.8 Å². The van der Waals surface area contributed by atoms with Gasteiger partial charge in [-0.25, -0.2) is 0 Å². The molecule has 0 aromatic rings. The van der Waals surface area contributed by atoms with Crippen LogP contribution in [0, 0.1) is 17.8 Å². The second kappa shape index (κ2) is 4.20. The summed E-state index contributed by atoms with van der Waals surface area (Å²) in [6, 6.07) is 0. The van der Waals surface area contributed by atoms with Crippen LogP contribution < -0.4 is 0 Å². The number of hydrogen-bond acceptors (Lipinski definition) is 3. The number of ether oxygens (including phenoxy) is 2. The van der Waals surface area contributed by atoms with E-state index in [9.17, 15) is 4.79 Å². The Morgan fingerprint density at radius 3 is 2.23 bits per heavy atom. The molecule has 1 aliphatic heterocycles. The van der Waals surface area contributed by atoms with Gasteiger partial charge in [0.25, 0.3) is 0 Å². The van der Waals surface area contributed by atoms with Gasteiger partial charge in [-0.3, -0.25) is 0 Å². The maximum atomic E-state index is 10.7. The van der Waals surface area contributed by atoms with Gasteiger partial charge >= 0.3 is 0 Å². The summed E-state index contributed by atoms with van der Waals surface area (Å²) in [5.74, 6) is 1.07. The Morgan fingerprint density at radius 2 is 1.77 bits per heavy atom. The van der Waals surface area contributed by atoms with E-state index in [-0.39, 0.29) is 18.3 Å². The zero-order chi connectivity index (χ0) is 10.0. The van der Waals surface area contributed by atoms with Crippen molar-refractivity contribution in [1.82, 2.24) is 0 Å². The summed E-state index contributed by atoms with van der Waals surface area (Å²) in [4.78, 5) is 10.7. The van der Waals surface area contributed by atoms with Crippen molar-refractivity contribution in [1.29, 1.82) is 0 Å². The first-order chi connectivity index (χ1) is 6.11. The van der Waals surface area contributed by atoms with Gasteiger partial charge in [0.1, 0.15) is 12.4 Å². The van der Waals surface area contributed by atoms with Gasteiger partial charge in [-0.1, -0.05) is 20.8 Å². The summed E-state index contributed by atoms with van der Waals surface area (Å²) >= 11 is 0. The Morgan fingerprint density at radius 1 is 1.15 bits per heavy atom. The molecule has 0 radical (unpaired) electrons. The van der Waals surface area contributed by atoms with E-state index in [1.54, 1.807) is 7.11 Å². The summed E-state index contributed by atoms with van der Waals surface area (Å²) in [6.45, 7) is 6.28. The van der Waals surface area contributed by atoms with E-state index in [0.717, 1.165) is 6.29 Å². The first-order valence-electron chi connectivity index (χ1n) is 4.75. The number of rotatable bonds is 2. The molecule has 3 nitrogen and oxygen atoms in total. The molecule has 0 spiro atoms. The lowest BCUT2D eigenvalue weighted by molar-refractivity contribution is -0.229. The second-order valence-corrected chi connectivity index (χ2v) is 3.92. The molecule has 1 aliphatic rings. The summed E-state index contributed by atoms with van der Waals surface area (Å²) in [5.41, 5.74) is 0. The fourth-order valence-corrected chi connectivity index (χ4v) is 1.85. The normalized spacial score (nSPS) is 46.0. The van der Waals surface area contributed by atoms with Crippen molar-refractivity contribution in [2.45, 2.75) is 33.2 Å². The Kier molecular flexibility index (Phi) is 3.45. The van der Waals surface area contributed by atoms with Crippen LogP contribution in [0.2, 0.25) is 0 Å². The van der Waals surface area contributed by atoms with Crippen molar-refractivity contribution in [2.24, 2.45) is 17.8 Å². The number of aldehydes is 1. The zero-order valence-electron chi connectivity index (χ0n) is 8.69. The van der Waals surface area contributed by atoms with Crippen LogP contribution in [-0.2, 0) is 14.3 Å². The monoisotopic (exact) mass is 186 g/mol. The number of carbonyl (C=O) groups excluding carboxylic acids is 1. The van der Waals surface area contributed by atoms with Crippen LogP contribution >= 0.6 is 0 Å². The van der Waals surface area contributed by atoms with Crippen molar-refractivity contribution in [3.8, 4) is 0 Å². The van der Waals surface area contributed by atoms with Crippen molar-refractivity contribution in [3.05, 3.63) is 0 Å². The average molecular weight is 186 g/mol. The minimum absolute atomic E-state index is 0.235. The Labute approximate surface area is 79.4 Å². The molecule has 0 aromatic heterocycles. The highest BCUT2D eigenvalue weighted by Gasteiger charge is 2.38. The molecular weight excluding hydrogens is 168 g/mol. The predicted octanol–water partition coefficient (Wildman–Crippen LogP) is 1.46. The quantitative estimate of drug-likeness (QED) is 0.612. The maximum absolute atomic E-state index is 10.7. The van der Waals surface area contributed by atoms with Gasteiger partial charge in [0.15, 0.2) is 6.29 Å². The molecule has 1 fully saturated rings. The summed E-state index contributed by atoms with van der Waals surface area (Å²) in [5, 5.41) is 0. The van der Waals surface area contributed by atoms with Gasteiger partial charge in [-0.15, -0.1) is 0 Å². The maximum Gasteiger partial charge on any atom is 0.160 e. The molecule has 0 bridgehead atoms. The third-order valence-electron chi connectivity index (χ3n) is 3.26. The van der Waals surface area contributed by atoms with E-state index in [1.165, 1.54) is 0 Å². The Balaban J connectivity index is 2.71. The van der Waals surface area contributed by atoms with Crippen LogP contribution in [0.1, 0.15) is 20.8 Å². The second-order valence-electron chi connectivity index (χ2n) is 3.92. The van der Waals surface area contributed by atoms with Crippen LogP contribution in [0.5, 0.6) is 0 Å². The van der Waals surface area contributed by atoms with Crippen molar-refractivity contribution >= 4 is 6.29 Å². The van der Waals surface area contributed by atoms with Crippen molar-refractivity contribution in [3.63, 3.8) is 0 Å². The first-order valence-corrected chi connectivity index (χ1v) is 4.75. The molecule has 0 amide bonds. The lowest BCUT2D eigenvalue weighted by Crippen LogP contribution is -2.46.